The molecule has 0 unspecified atom stereocenters. The Labute approximate surface area is 98.6 Å². The number of aliphatic hydroxyl groups is 1. The number of carboxylic acid groups (broad SMARTS) is 1. The van der Waals surface area contributed by atoms with Crippen LogP contribution in [0.1, 0.15) is 6.92 Å². The van der Waals surface area contributed by atoms with Crippen LogP contribution >= 0.6 is 0 Å². The van der Waals surface area contributed by atoms with Crippen LogP contribution in [0.5, 0.6) is 0 Å². The van der Waals surface area contributed by atoms with Gasteiger partial charge in [-0.25, -0.2) is 9.59 Å². The number of urea groups is 1. The van der Waals surface area contributed by atoms with E-state index in [1.165, 1.54) is 7.05 Å². The first-order chi connectivity index (χ1) is 7.92. The summed E-state index contributed by atoms with van der Waals surface area (Å²) in [4.78, 5) is 34.1. The molecule has 0 aromatic carbocycles. The fourth-order valence-electron chi connectivity index (χ4n) is 0.985. The molecule has 1 atom stereocenters. The van der Waals surface area contributed by atoms with Gasteiger partial charge in [-0.1, -0.05) is 0 Å². The molecule has 0 aliphatic carbocycles. The van der Waals surface area contributed by atoms with Gasteiger partial charge in [0.1, 0.15) is 6.54 Å². The van der Waals surface area contributed by atoms with Crippen LogP contribution in [0.3, 0.4) is 0 Å². The minimum absolute atomic E-state index is 0.183. The van der Waals surface area contributed by atoms with Crippen molar-refractivity contribution in [3.05, 3.63) is 0 Å². The molecule has 4 N–H and O–H groups in total. The summed E-state index contributed by atoms with van der Waals surface area (Å²) < 4.78 is 0. The number of aliphatic carboxylic acids is 1. The lowest BCUT2D eigenvalue weighted by atomic mass is 10.3. The van der Waals surface area contributed by atoms with Crippen molar-refractivity contribution in [3.8, 4) is 0 Å². The number of carbonyl (C=O) groups excluding carboxylic acids is 2. The van der Waals surface area contributed by atoms with Crippen LogP contribution in [0.2, 0.25) is 0 Å². The van der Waals surface area contributed by atoms with Gasteiger partial charge in [0.25, 0.3) is 0 Å². The highest BCUT2D eigenvalue weighted by atomic mass is 16.4. The SMILES string of the molecule is CCNC(=O)CN(C)C(=O)N[C@@H](CO)C(=O)O. The van der Waals surface area contributed by atoms with Gasteiger partial charge in [-0.3, -0.25) is 4.79 Å². The quantitative estimate of drug-likeness (QED) is 0.442. The van der Waals surface area contributed by atoms with E-state index >= 15 is 0 Å². The van der Waals surface area contributed by atoms with Crippen molar-refractivity contribution in [1.82, 2.24) is 15.5 Å². The Morgan fingerprint density at radius 3 is 2.35 bits per heavy atom. The number of carbonyl (C=O) groups is 3. The molecule has 0 aromatic rings. The fraction of sp³-hybridized carbons (Fsp3) is 0.667. The molecule has 0 heterocycles. The number of carboxylic acids is 1. The normalized spacial score (nSPS) is 11.5. The van der Waals surface area contributed by atoms with Crippen molar-refractivity contribution < 1.29 is 24.6 Å². The van der Waals surface area contributed by atoms with E-state index in [1.807, 2.05) is 0 Å². The molecular weight excluding hydrogens is 230 g/mol. The van der Waals surface area contributed by atoms with Crippen molar-refractivity contribution >= 4 is 17.9 Å². The van der Waals surface area contributed by atoms with E-state index in [1.54, 1.807) is 6.92 Å². The summed E-state index contributed by atoms with van der Waals surface area (Å²) in [7, 11) is 1.35. The molecule has 0 radical (unpaired) electrons. The van der Waals surface area contributed by atoms with Crippen molar-refractivity contribution in [3.63, 3.8) is 0 Å². The molecule has 0 saturated heterocycles. The fourth-order valence-corrected chi connectivity index (χ4v) is 0.985. The summed E-state index contributed by atoms with van der Waals surface area (Å²) in [6.07, 6.45) is 0. The largest absolute Gasteiger partial charge is 0.480 e. The van der Waals surface area contributed by atoms with Gasteiger partial charge in [0.05, 0.1) is 6.61 Å². The van der Waals surface area contributed by atoms with Gasteiger partial charge in [-0.05, 0) is 6.92 Å². The Bertz CT molecular complexity index is 294. The van der Waals surface area contributed by atoms with Crippen LogP contribution in [0.15, 0.2) is 0 Å². The Morgan fingerprint density at radius 1 is 1.35 bits per heavy atom. The summed E-state index contributed by atoms with van der Waals surface area (Å²) in [5.74, 6) is -1.69. The van der Waals surface area contributed by atoms with Crippen LogP contribution in [0.25, 0.3) is 0 Å². The molecule has 8 heteroatoms. The summed E-state index contributed by atoms with van der Waals surface area (Å²) in [5, 5.41) is 21.9. The van der Waals surface area contributed by atoms with Gasteiger partial charge < -0.3 is 25.7 Å². The maximum atomic E-state index is 11.4. The van der Waals surface area contributed by atoms with Crippen LogP contribution in [-0.2, 0) is 9.59 Å². The average molecular weight is 247 g/mol. The monoisotopic (exact) mass is 247 g/mol. The third-order valence-corrected chi connectivity index (χ3v) is 1.88. The van der Waals surface area contributed by atoms with Crippen LogP contribution < -0.4 is 10.6 Å². The molecule has 8 nitrogen and oxygen atoms in total. The molecule has 0 bridgehead atoms. The van der Waals surface area contributed by atoms with Crippen molar-refractivity contribution in [1.29, 1.82) is 0 Å². The number of amides is 3. The second-order valence-electron chi connectivity index (χ2n) is 3.33. The first-order valence-corrected chi connectivity index (χ1v) is 5.04. The zero-order valence-electron chi connectivity index (χ0n) is 9.77. The number of nitrogens with one attached hydrogen (secondary N) is 2. The highest BCUT2D eigenvalue weighted by Gasteiger charge is 2.21. The van der Waals surface area contributed by atoms with Gasteiger partial charge in [0, 0.05) is 13.6 Å². The Morgan fingerprint density at radius 2 is 1.94 bits per heavy atom. The lowest BCUT2D eigenvalue weighted by molar-refractivity contribution is -0.140. The highest BCUT2D eigenvalue weighted by Crippen LogP contribution is 1.89. The molecule has 0 aromatic heterocycles. The van der Waals surface area contributed by atoms with E-state index in [0.717, 1.165) is 4.90 Å². The average Bonchev–Trinajstić information content (AvgIpc) is 2.25. The predicted octanol–water partition coefficient (Wildman–Crippen LogP) is -1.79. The van der Waals surface area contributed by atoms with E-state index in [2.05, 4.69) is 10.6 Å². The topological polar surface area (TPSA) is 119 Å². The summed E-state index contributed by atoms with van der Waals surface area (Å²) in [6, 6.07) is -2.11. The van der Waals surface area contributed by atoms with Crippen molar-refractivity contribution in [2.24, 2.45) is 0 Å². The number of hydrogen-bond acceptors (Lipinski definition) is 4. The maximum absolute atomic E-state index is 11.4. The van der Waals surface area contributed by atoms with Gasteiger partial charge in [0.15, 0.2) is 6.04 Å². The Hall–Kier alpha value is -1.83. The van der Waals surface area contributed by atoms with Gasteiger partial charge in [-0.2, -0.15) is 0 Å². The first kappa shape index (κ1) is 15.2. The molecule has 0 rings (SSSR count). The summed E-state index contributed by atoms with van der Waals surface area (Å²) in [5.41, 5.74) is 0. The summed E-state index contributed by atoms with van der Waals surface area (Å²) >= 11 is 0. The molecule has 0 aliphatic rings. The standard InChI is InChI=1S/C9H17N3O5/c1-3-10-7(14)4-12(2)9(17)11-6(5-13)8(15)16/h6,13H,3-5H2,1-2H3,(H,10,14)(H,11,17)(H,15,16)/t6-/m0/s1. The maximum Gasteiger partial charge on any atom is 0.328 e. The zero-order chi connectivity index (χ0) is 13.4. The smallest absolute Gasteiger partial charge is 0.328 e. The molecular formula is C9H17N3O5. The van der Waals surface area contributed by atoms with E-state index in [0.29, 0.717) is 6.54 Å². The van der Waals surface area contributed by atoms with E-state index in [4.69, 9.17) is 10.2 Å². The number of hydrogen-bond donors (Lipinski definition) is 4. The van der Waals surface area contributed by atoms with Crippen molar-refractivity contribution in [2.75, 3.05) is 26.7 Å². The lowest BCUT2D eigenvalue weighted by Crippen LogP contribution is -2.50. The number of aliphatic hydroxyl groups excluding tert-OH is 1. The van der Waals surface area contributed by atoms with Gasteiger partial charge in [0.2, 0.25) is 5.91 Å². The van der Waals surface area contributed by atoms with E-state index < -0.39 is 24.6 Å². The molecule has 98 valence electrons. The highest BCUT2D eigenvalue weighted by molar-refractivity contribution is 5.86. The van der Waals surface area contributed by atoms with E-state index in [9.17, 15) is 14.4 Å². The Kier molecular flexibility index (Phi) is 6.64. The van der Waals surface area contributed by atoms with Crippen molar-refractivity contribution in [2.45, 2.75) is 13.0 Å². The van der Waals surface area contributed by atoms with E-state index in [-0.39, 0.29) is 12.5 Å². The second-order valence-corrected chi connectivity index (χ2v) is 3.33. The molecule has 3 amide bonds. The zero-order valence-corrected chi connectivity index (χ0v) is 9.77. The number of rotatable bonds is 6. The number of nitrogens with zero attached hydrogens (tertiary/aromatic N) is 1. The molecule has 0 aliphatic heterocycles. The predicted molar refractivity (Wildman–Crippen MR) is 58.4 cm³/mol. The lowest BCUT2D eigenvalue weighted by Gasteiger charge is -2.19. The van der Waals surface area contributed by atoms with Crippen LogP contribution in [0.4, 0.5) is 4.79 Å². The molecule has 0 spiro atoms. The summed E-state index contributed by atoms with van der Waals surface area (Å²) in [6.45, 7) is 1.29. The third-order valence-electron chi connectivity index (χ3n) is 1.88. The minimum Gasteiger partial charge on any atom is -0.480 e. The molecule has 0 saturated carbocycles. The van der Waals surface area contributed by atoms with Crippen LogP contribution in [-0.4, -0.2) is 65.8 Å². The van der Waals surface area contributed by atoms with Crippen LogP contribution in [0, 0.1) is 0 Å². The van der Waals surface area contributed by atoms with Gasteiger partial charge >= 0.3 is 12.0 Å². The van der Waals surface area contributed by atoms with Gasteiger partial charge in [-0.15, -0.1) is 0 Å². The second kappa shape index (κ2) is 7.44. The molecule has 0 fully saturated rings. The minimum atomic E-state index is -1.38. The molecule has 17 heavy (non-hydrogen) atoms. The Balaban J connectivity index is 4.21. The number of likely N-dealkylation sites (N-methyl/N-ethyl adjacent to an activating group) is 2. The third kappa shape index (κ3) is 5.71. The first-order valence-electron chi connectivity index (χ1n) is 5.04.